The average Bonchev–Trinajstić information content (AvgIpc) is 2.29. The molecule has 0 spiro atoms. The van der Waals surface area contributed by atoms with Crippen LogP contribution in [0.2, 0.25) is 0 Å². The number of nitrogens with one attached hydrogen (secondary N) is 2. The summed E-state index contributed by atoms with van der Waals surface area (Å²) in [7, 11) is 0. The van der Waals surface area contributed by atoms with Crippen molar-refractivity contribution in [3.05, 3.63) is 0 Å². The van der Waals surface area contributed by atoms with Gasteiger partial charge in [0.2, 0.25) is 0 Å². The molecule has 0 bridgehead atoms. The molecule has 0 aliphatic rings. The fourth-order valence-corrected chi connectivity index (χ4v) is 1.66. The van der Waals surface area contributed by atoms with Gasteiger partial charge in [-0.2, -0.15) is 0 Å². The molecule has 0 heterocycles. The largest absolute Gasteiger partial charge is 0.444 e. The topological polar surface area (TPSA) is 50.4 Å². The van der Waals surface area contributed by atoms with Crippen LogP contribution in [0.1, 0.15) is 66.2 Å². The van der Waals surface area contributed by atoms with Gasteiger partial charge in [0.15, 0.2) is 0 Å². The van der Waals surface area contributed by atoms with Crippen molar-refractivity contribution < 1.29 is 9.53 Å². The van der Waals surface area contributed by atoms with Crippen LogP contribution < -0.4 is 10.6 Å². The van der Waals surface area contributed by atoms with E-state index in [1.165, 1.54) is 25.7 Å². The number of hydrogen-bond acceptors (Lipinski definition) is 3. The molecule has 114 valence electrons. The van der Waals surface area contributed by atoms with E-state index in [1.807, 2.05) is 20.8 Å². The van der Waals surface area contributed by atoms with Gasteiger partial charge in [-0.3, -0.25) is 0 Å². The quantitative estimate of drug-likeness (QED) is 0.599. The first-order valence-corrected chi connectivity index (χ1v) is 7.63. The number of carbonyl (C=O) groups excluding carboxylic acids is 1. The Hall–Kier alpha value is -0.770. The van der Waals surface area contributed by atoms with Gasteiger partial charge in [0.1, 0.15) is 5.60 Å². The van der Waals surface area contributed by atoms with Gasteiger partial charge in [-0.15, -0.1) is 0 Å². The highest BCUT2D eigenvalue weighted by atomic mass is 16.6. The van der Waals surface area contributed by atoms with Gasteiger partial charge in [-0.25, -0.2) is 4.79 Å². The van der Waals surface area contributed by atoms with E-state index in [2.05, 4.69) is 17.6 Å². The summed E-state index contributed by atoms with van der Waals surface area (Å²) in [5.41, 5.74) is -0.408. The lowest BCUT2D eigenvalue weighted by Gasteiger charge is -2.19. The molecule has 4 heteroatoms. The minimum absolute atomic E-state index is 0.311. The van der Waals surface area contributed by atoms with Crippen LogP contribution in [0, 0.1) is 0 Å². The third-order valence-corrected chi connectivity index (χ3v) is 2.66. The SMILES string of the molecule is CCCCNCCCCCCNC(=O)OC(C)(C)C. The van der Waals surface area contributed by atoms with E-state index in [0.29, 0.717) is 6.54 Å². The molecule has 4 nitrogen and oxygen atoms in total. The van der Waals surface area contributed by atoms with Gasteiger partial charge in [-0.05, 0) is 53.1 Å². The van der Waals surface area contributed by atoms with Crippen LogP contribution in [-0.2, 0) is 4.74 Å². The highest BCUT2D eigenvalue weighted by Crippen LogP contribution is 2.06. The van der Waals surface area contributed by atoms with E-state index < -0.39 is 5.60 Å². The minimum Gasteiger partial charge on any atom is -0.444 e. The molecule has 0 aliphatic carbocycles. The molecule has 0 unspecified atom stereocenters. The molecule has 0 aromatic rings. The summed E-state index contributed by atoms with van der Waals surface area (Å²) >= 11 is 0. The fraction of sp³-hybridized carbons (Fsp3) is 0.933. The minimum atomic E-state index is -0.408. The predicted octanol–water partition coefficient (Wildman–Crippen LogP) is 3.46. The highest BCUT2D eigenvalue weighted by Gasteiger charge is 2.15. The number of rotatable bonds is 10. The third-order valence-electron chi connectivity index (χ3n) is 2.66. The maximum Gasteiger partial charge on any atom is 0.407 e. The van der Waals surface area contributed by atoms with E-state index in [1.54, 1.807) is 0 Å². The van der Waals surface area contributed by atoms with Gasteiger partial charge < -0.3 is 15.4 Å². The molecule has 0 fully saturated rings. The summed E-state index contributed by atoms with van der Waals surface area (Å²) in [6, 6.07) is 0. The van der Waals surface area contributed by atoms with Crippen molar-refractivity contribution in [3.63, 3.8) is 0 Å². The lowest BCUT2D eigenvalue weighted by Crippen LogP contribution is -2.33. The smallest absolute Gasteiger partial charge is 0.407 e. The molecule has 0 aromatic carbocycles. The molecule has 0 rings (SSSR count). The summed E-state index contributed by atoms with van der Waals surface area (Å²) in [6.07, 6.45) is 6.82. The molecule has 0 saturated carbocycles. The predicted molar refractivity (Wildman–Crippen MR) is 80.5 cm³/mol. The highest BCUT2D eigenvalue weighted by molar-refractivity contribution is 5.67. The zero-order chi connectivity index (χ0) is 14.6. The van der Waals surface area contributed by atoms with Crippen molar-refractivity contribution in [1.29, 1.82) is 0 Å². The zero-order valence-corrected chi connectivity index (χ0v) is 13.2. The first-order chi connectivity index (χ1) is 8.95. The molecular weight excluding hydrogens is 240 g/mol. The van der Waals surface area contributed by atoms with Gasteiger partial charge in [-0.1, -0.05) is 26.2 Å². The Balaban J connectivity index is 3.21. The van der Waals surface area contributed by atoms with Crippen LogP contribution in [-0.4, -0.2) is 31.3 Å². The maximum atomic E-state index is 11.4. The number of amides is 1. The Morgan fingerprint density at radius 1 is 0.947 bits per heavy atom. The average molecular weight is 272 g/mol. The molecule has 0 saturated heterocycles. The van der Waals surface area contributed by atoms with E-state index in [0.717, 1.165) is 25.9 Å². The maximum absolute atomic E-state index is 11.4. The van der Waals surface area contributed by atoms with Crippen LogP contribution >= 0.6 is 0 Å². The van der Waals surface area contributed by atoms with Crippen LogP contribution in [0.15, 0.2) is 0 Å². The van der Waals surface area contributed by atoms with E-state index in [-0.39, 0.29) is 6.09 Å². The molecule has 19 heavy (non-hydrogen) atoms. The van der Waals surface area contributed by atoms with Gasteiger partial charge in [0.05, 0.1) is 0 Å². The monoisotopic (exact) mass is 272 g/mol. The van der Waals surface area contributed by atoms with Gasteiger partial charge in [0, 0.05) is 6.54 Å². The Kier molecular flexibility index (Phi) is 10.6. The van der Waals surface area contributed by atoms with E-state index in [4.69, 9.17) is 4.74 Å². The summed E-state index contributed by atoms with van der Waals surface area (Å²) < 4.78 is 5.16. The first kappa shape index (κ1) is 18.2. The fourth-order valence-electron chi connectivity index (χ4n) is 1.66. The normalized spacial score (nSPS) is 11.4. The number of alkyl carbamates (subject to hydrolysis) is 1. The molecule has 0 atom stereocenters. The Bertz CT molecular complexity index is 225. The van der Waals surface area contributed by atoms with Crippen molar-refractivity contribution in [3.8, 4) is 0 Å². The molecule has 1 amide bonds. The number of unbranched alkanes of at least 4 members (excludes halogenated alkanes) is 4. The zero-order valence-electron chi connectivity index (χ0n) is 13.2. The molecule has 2 N–H and O–H groups in total. The first-order valence-electron chi connectivity index (χ1n) is 7.63. The molecule has 0 aromatic heterocycles. The Labute approximate surface area is 118 Å². The van der Waals surface area contributed by atoms with Crippen molar-refractivity contribution in [2.24, 2.45) is 0 Å². The van der Waals surface area contributed by atoms with Crippen molar-refractivity contribution in [1.82, 2.24) is 10.6 Å². The third kappa shape index (κ3) is 15.2. The standard InChI is InChI=1S/C15H32N2O2/c1-5-6-11-16-12-9-7-8-10-13-17-14(18)19-15(2,3)4/h16H,5-13H2,1-4H3,(H,17,18). The van der Waals surface area contributed by atoms with Crippen LogP contribution in [0.3, 0.4) is 0 Å². The number of hydrogen-bond donors (Lipinski definition) is 2. The summed E-state index contributed by atoms with van der Waals surface area (Å²) in [6.45, 7) is 10.8. The molecule has 0 radical (unpaired) electrons. The number of carbonyl (C=O) groups is 1. The van der Waals surface area contributed by atoms with Gasteiger partial charge in [0.25, 0.3) is 0 Å². The summed E-state index contributed by atoms with van der Waals surface area (Å²) in [4.78, 5) is 11.4. The van der Waals surface area contributed by atoms with Crippen LogP contribution in [0.5, 0.6) is 0 Å². The summed E-state index contributed by atoms with van der Waals surface area (Å²) in [5, 5.41) is 6.21. The van der Waals surface area contributed by atoms with E-state index >= 15 is 0 Å². The second-order valence-electron chi connectivity index (χ2n) is 5.95. The number of ether oxygens (including phenoxy) is 1. The van der Waals surface area contributed by atoms with Gasteiger partial charge >= 0.3 is 6.09 Å². The van der Waals surface area contributed by atoms with Crippen LogP contribution in [0.4, 0.5) is 4.79 Å². The second kappa shape index (κ2) is 11.1. The molecule has 0 aliphatic heterocycles. The van der Waals surface area contributed by atoms with E-state index in [9.17, 15) is 4.79 Å². The van der Waals surface area contributed by atoms with Crippen LogP contribution in [0.25, 0.3) is 0 Å². The second-order valence-corrected chi connectivity index (χ2v) is 5.95. The van der Waals surface area contributed by atoms with Crippen molar-refractivity contribution >= 4 is 6.09 Å². The lowest BCUT2D eigenvalue weighted by atomic mass is 10.2. The van der Waals surface area contributed by atoms with Crippen molar-refractivity contribution in [2.45, 2.75) is 71.8 Å². The lowest BCUT2D eigenvalue weighted by molar-refractivity contribution is 0.0527. The Morgan fingerprint density at radius 3 is 2.11 bits per heavy atom. The Morgan fingerprint density at radius 2 is 1.53 bits per heavy atom. The summed E-state index contributed by atoms with van der Waals surface area (Å²) in [5.74, 6) is 0. The van der Waals surface area contributed by atoms with Crippen molar-refractivity contribution in [2.75, 3.05) is 19.6 Å². The molecular formula is C15H32N2O2.